The number of hydrogen-bond acceptors (Lipinski definition) is 3. The molecule has 2 aliphatic heterocycles. The second-order valence-corrected chi connectivity index (χ2v) is 6.68. The number of likely N-dealkylation sites (tertiary alicyclic amines) is 1. The predicted molar refractivity (Wildman–Crippen MR) is 80.3 cm³/mol. The molecule has 0 saturated carbocycles. The number of carbonyl (C=O) groups excluding carboxylic acids is 1. The molecule has 2 fully saturated rings. The van der Waals surface area contributed by atoms with Crippen molar-refractivity contribution in [1.82, 2.24) is 14.7 Å². The van der Waals surface area contributed by atoms with Gasteiger partial charge in [0.15, 0.2) is 0 Å². The van der Waals surface area contributed by atoms with Crippen molar-refractivity contribution >= 4 is 12.0 Å². The maximum Gasteiger partial charge on any atom is 0.329 e. The van der Waals surface area contributed by atoms with Gasteiger partial charge in [0, 0.05) is 31.7 Å². The van der Waals surface area contributed by atoms with E-state index >= 15 is 0 Å². The van der Waals surface area contributed by atoms with E-state index in [1.165, 1.54) is 11.3 Å². The van der Waals surface area contributed by atoms with Gasteiger partial charge < -0.3 is 14.9 Å². The molecule has 0 aromatic rings. The zero-order valence-corrected chi connectivity index (χ0v) is 13.5. The fourth-order valence-electron chi connectivity index (χ4n) is 3.54. The molecular formula is C15H27N3O3. The molecule has 2 bridgehead atoms. The molecule has 2 saturated heterocycles. The molecule has 2 amide bonds. The fraction of sp³-hybridized carbons (Fsp3) is 0.867. The highest BCUT2D eigenvalue weighted by atomic mass is 16.4. The predicted octanol–water partition coefficient (Wildman–Crippen LogP) is 1.46. The van der Waals surface area contributed by atoms with E-state index in [1.54, 1.807) is 13.8 Å². The summed E-state index contributed by atoms with van der Waals surface area (Å²) >= 11 is 0. The molecule has 6 heteroatoms. The van der Waals surface area contributed by atoms with Crippen LogP contribution in [0.15, 0.2) is 0 Å². The first-order valence-electron chi connectivity index (χ1n) is 7.81. The van der Waals surface area contributed by atoms with Crippen LogP contribution in [0.4, 0.5) is 4.79 Å². The highest BCUT2D eigenvalue weighted by Crippen LogP contribution is 2.29. The molecule has 2 aliphatic rings. The Kier molecular flexibility index (Phi) is 4.46. The van der Waals surface area contributed by atoms with Crippen molar-refractivity contribution in [3.05, 3.63) is 0 Å². The minimum atomic E-state index is -1.18. The summed E-state index contributed by atoms with van der Waals surface area (Å²) in [4.78, 5) is 29.9. The number of urea groups is 1. The maximum absolute atomic E-state index is 12.8. The van der Waals surface area contributed by atoms with Crippen molar-refractivity contribution in [3.63, 3.8) is 0 Å². The van der Waals surface area contributed by atoms with E-state index in [4.69, 9.17) is 0 Å². The van der Waals surface area contributed by atoms with Gasteiger partial charge in [0.1, 0.15) is 5.54 Å². The van der Waals surface area contributed by atoms with Crippen LogP contribution >= 0.6 is 0 Å². The highest BCUT2D eigenvalue weighted by Gasteiger charge is 2.41. The van der Waals surface area contributed by atoms with E-state index in [0.29, 0.717) is 25.2 Å². The summed E-state index contributed by atoms with van der Waals surface area (Å²) in [5.74, 6) is -0.967. The molecule has 2 unspecified atom stereocenters. The zero-order valence-electron chi connectivity index (χ0n) is 13.5. The third-order valence-electron chi connectivity index (χ3n) is 5.16. The van der Waals surface area contributed by atoms with Crippen LogP contribution < -0.4 is 0 Å². The van der Waals surface area contributed by atoms with Gasteiger partial charge in [0.05, 0.1) is 0 Å². The lowest BCUT2D eigenvalue weighted by Crippen LogP contribution is -2.57. The molecule has 0 aromatic heterocycles. The van der Waals surface area contributed by atoms with Crippen LogP contribution in [-0.4, -0.2) is 76.1 Å². The van der Waals surface area contributed by atoms with E-state index in [9.17, 15) is 14.7 Å². The van der Waals surface area contributed by atoms with E-state index < -0.39 is 11.5 Å². The van der Waals surface area contributed by atoms with Crippen LogP contribution in [0.1, 0.15) is 40.0 Å². The smallest absolute Gasteiger partial charge is 0.329 e. The van der Waals surface area contributed by atoms with Gasteiger partial charge in [0.2, 0.25) is 0 Å². The summed E-state index contributed by atoms with van der Waals surface area (Å²) in [6, 6.07) is 0.828. The molecule has 120 valence electrons. The number of carboxylic acid groups (broad SMARTS) is 1. The topological polar surface area (TPSA) is 64.1 Å². The molecule has 21 heavy (non-hydrogen) atoms. The summed E-state index contributed by atoms with van der Waals surface area (Å²) < 4.78 is 0. The lowest BCUT2D eigenvalue weighted by molar-refractivity contribution is -0.147. The van der Waals surface area contributed by atoms with Crippen LogP contribution in [0, 0.1) is 0 Å². The second kappa shape index (κ2) is 5.83. The van der Waals surface area contributed by atoms with Gasteiger partial charge in [-0.25, -0.2) is 9.59 Å². The van der Waals surface area contributed by atoms with Crippen LogP contribution in [0.2, 0.25) is 0 Å². The van der Waals surface area contributed by atoms with Gasteiger partial charge >= 0.3 is 12.0 Å². The van der Waals surface area contributed by atoms with E-state index in [-0.39, 0.29) is 6.03 Å². The molecule has 0 aliphatic carbocycles. The van der Waals surface area contributed by atoms with Gasteiger partial charge in [0.25, 0.3) is 0 Å². The molecule has 2 rings (SSSR count). The van der Waals surface area contributed by atoms with Crippen molar-refractivity contribution in [2.75, 3.05) is 26.7 Å². The Balaban J connectivity index is 2.13. The average molecular weight is 297 g/mol. The number of carbonyl (C=O) groups is 2. The van der Waals surface area contributed by atoms with Crippen molar-refractivity contribution < 1.29 is 14.7 Å². The molecule has 2 heterocycles. The number of rotatable bonds is 3. The number of carboxylic acids is 1. The minimum absolute atomic E-state index is 0.147. The summed E-state index contributed by atoms with van der Waals surface area (Å²) in [7, 11) is 2.13. The lowest BCUT2D eigenvalue weighted by Gasteiger charge is -2.38. The second-order valence-electron chi connectivity index (χ2n) is 6.68. The SMILES string of the molecule is CCN(C(=O)N1CCC2CCC(C1)N2C)C(C)(C)C(=O)O. The molecular weight excluding hydrogens is 270 g/mol. The largest absolute Gasteiger partial charge is 0.480 e. The number of likely N-dealkylation sites (N-methyl/N-ethyl adjacent to an activating group) is 2. The van der Waals surface area contributed by atoms with Gasteiger partial charge in [-0.15, -0.1) is 0 Å². The van der Waals surface area contributed by atoms with Gasteiger partial charge in [-0.2, -0.15) is 0 Å². The van der Waals surface area contributed by atoms with Crippen LogP contribution in [0.3, 0.4) is 0 Å². The Morgan fingerprint density at radius 3 is 2.43 bits per heavy atom. The lowest BCUT2D eigenvalue weighted by atomic mass is 10.0. The van der Waals surface area contributed by atoms with E-state index in [0.717, 1.165) is 19.4 Å². The van der Waals surface area contributed by atoms with Gasteiger partial charge in [-0.05, 0) is 47.1 Å². The van der Waals surface area contributed by atoms with E-state index in [1.807, 2.05) is 11.8 Å². The molecule has 0 aromatic carbocycles. The Bertz CT molecular complexity index is 424. The third kappa shape index (κ3) is 2.86. The first-order chi connectivity index (χ1) is 9.78. The number of fused-ring (bicyclic) bond motifs is 2. The Labute approximate surface area is 126 Å². The molecule has 2 atom stereocenters. The van der Waals surface area contributed by atoms with Crippen LogP contribution in [0.25, 0.3) is 0 Å². The van der Waals surface area contributed by atoms with Crippen molar-refractivity contribution in [3.8, 4) is 0 Å². The first kappa shape index (κ1) is 16.1. The molecule has 1 N–H and O–H groups in total. The number of nitrogens with zero attached hydrogens (tertiary/aromatic N) is 3. The van der Waals surface area contributed by atoms with E-state index in [2.05, 4.69) is 11.9 Å². The summed E-state index contributed by atoms with van der Waals surface area (Å²) in [5.41, 5.74) is -1.18. The van der Waals surface area contributed by atoms with Crippen molar-refractivity contribution in [1.29, 1.82) is 0 Å². The molecule has 0 radical (unpaired) electrons. The summed E-state index contributed by atoms with van der Waals surface area (Å²) in [6.45, 7) is 6.84. The van der Waals surface area contributed by atoms with Crippen LogP contribution in [-0.2, 0) is 4.79 Å². The maximum atomic E-state index is 12.8. The Hall–Kier alpha value is -1.30. The monoisotopic (exact) mass is 297 g/mol. The standard InChI is InChI=1S/C15H27N3O3/c1-5-18(15(2,3)13(19)20)14(21)17-9-8-11-6-7-12(10-17)16(11)4/h11-12H,5-10H2,1-4H3,(H,19,20). The minimum Gasteiger partial charge on any atom is -0.480 e. The quantitative estimate of drug-likeness (QED) is 0.856. The molecule has 6 nitrogen and oxygen atoms in total. The summed E-state index contributed by atoms with van der Waals surface area (Å²) in [5, 5.41) is 9.37. The first-order valence-corrected chi connectivity index (χ1v) is 7.81. The zero-order chi connectivity index (χ0) is 15.8. The highest BCUT2D eigenvalue weighted by molar-refractivity contribution is 5.85. The Morgan fingerprint density at radius 1 is 1.24 bits per heavy atom. The third-order valence-corrected chi connectivity index (χ3v) is 5.16. The van der Waals surface area contributed by atoms with Gasteiger partial charge in [-0.1, -0.05) is 0 Å². The number of amides is 2. The van der Waals surface area contributed by atoms with Gasteiger partial charge in [-0.3, -0.25) is 4.90 Å². The van der Waals surface area contributed by atoms with Crippen LogP contribution in [0.5, 0.6) is 0 Å². The average Bonchev–Trinajstić information content (AvgIpc) is 2.63. The normalized spacial score (nSPS) is 26.6. The van der Waals surface area contributed by atoms with Crippen molar-refractivity contribution in [2.45, 2.75) is 57.7 Å². The Morgan fingerprint density at radius 2 is 1.86 bits per heavy atom. The molecule has 0 spiro atoms. The van der Waals surface area contributed by atoms with Crippen molar-refractivity contribution in [2.24, 2.45) is 0 Å². The fourth-order valence-corrected chi connectivity index (χ4v) is 3.54. The number of hydrogen-bond donors (Lipinski definition) is 1. The number of aliphatic carboxylic acids is 1. The summed E-state index contributed by atoms with van der Waals surface area (Å²) in [6.07, 6.45) is 3.31.